The number of aromatic hydroxyl groups is 1. The van der Waals surface area contributed by atoms with Gasteiger partial charge in [0.15, 0.2) is 11.4 Å². The molecule has 1 heterocycles. The fourth-order valence-electron chi connectivity index (χ4n) is 7.85. The van der Waals surface area contributed by atoms with Crippen molar-refractivity contribution < 1.29 is 44.7 Å². The van der Waals surface area contributed by atoms with E-state index in [2.05, 4.69) is 4.90 Å². The maximum absolute atomic E-state index is 14.2. The molecule has 1 aliphatic heterocycles. The van der Waals surface area contributed by atoms with Crippen LogP contribution in [0.1, 0.15) is 35.6 Å². The standard InChI is InChI=1S/C33H38N4O9/c1-36(2)25-23-28(40)20-21(30(42)33(23,45)31(43)22(29(25)41)32(35)44)27(39)19-17(24(20)34)8-7-16(26(19)38)14-6-9-18(46-3)15(12-14)13-37-10-4-5-11-37/h6-9,12,20,23-25,28,38-40,43,45H,4-5,10-11,13,34H2,1-3H3,(H2,35,44)/t20-,23+,24-,25-,28-,33-/m0/s1. The van der Waals surface area contributed by atoms with E-state index in [0.29, 0.717) is 23.4 Å². The molecule has 1 amide bonds. The van der Waals surface area contributed by atoms with E-state index in [4.69, 9.17) is 16.2 Å². The predicted octanol–water partition coefficient (Wildman–Crippen LogP) is 0.664. The highest BCUT2D eigenvalue weighted by atomic mass is 16.5. The van der Waals surface area contributed by atoms with Gasteiger partial charge < -0.3 is 41.7 Å². The highest BCUT2D eigenvalue weighted by molar-refractivity contribution is 6.24. The number of aliphatic hydroxyl groups excluding tert-OH is 3. The van der Waals surface area contributed by atoms with Crippen LogP contribution >= 0.6 is 0 Å². The lowest BCUT2D eigenvalue weighted by Crippen LogP contribution is -2.70. The van der Waals surface area contributed by atoms with Gasteiger partial charge in [0.25, 0.3) is 5.91 Å². The van der Waals surface area contributed by atoms with Crippen LogP contribution in [0.5, 0.6) is 11.5 Å². The molecular formula is C33H38N4O9. The number of primary amides is 1. The number of nitrogens with two attached hydrogens (primary N) is 2. The van der Waals surface area contributed by atoms with Crippen molar-refractivity contribution >= 4 is 23.2 Å². The summed E-state index contributed by atoms with van der Waals surface area (Å²) in [5.74, 6) is -8.44. The van der Waals surface area contributed by atoms with Crippen molar-refractivity contribution in [2.24, 2.45) is 23.3 Å². The molecule has 0 unspecified atom stereocenters. The van der Waals surface area contributed by atoms with Gasteiger partial charge in [-0.15, -0.1) is 0 Å². The number of ether oxygens (including phenoxy) is 1. The maximum Gasteiger partial charge on any atom is 0.255 e. The SMILES string of the molecule is COc1ccc(-c2ccc3c(c2O)C(O)=C2C(=O)[C@]4(O)C(O)=C(C(N)=O)C(=O)[C@@H](N(C)C)[C@@H]4[C@@H](O)[C@@H]2[C@H]3N)cc1CN1CCCC1. The van der Waals surface area contributed by atoms with E-state index in [1.54, 1.807) is 31.4 Å². The zero-order chi connectivity index (χ0) is 33.4. The number of nitrogens with zero attached hydrogens (tertiary/aromatic N) is 2. The number of likely N-dealkylation sites (N-methyl/N-ethyl adjacent to an activating group) is 1. The number of likely N-dealkylation sites (tertiary alicyclic amines) is 1. The summed E-state index contributed by atoms with van der Waals surface area (Å²) >= 11 is 0. The second-order valence-electron chi connectivity index (χ2n) is 12.7. The molecule has 13 heteroatoms. The van der Waals surface area contributed by atoms with Gasteiger partial charge in [0.1, 0.15) is 28.6 Å². The van der Waals surface area contributed by atoms with Crippen molar-refractivity contribution in [2.75, 3.05) is 34.3 Å². The Labute approximate surface area is 265 Å². The molecular weight excluding hydrogens is 596 g/mol. The van der Waals surface area contributed by atoms with Crippen LogP contribution in [0.3, 0.4) is 0 Å². The summed E-state index contributed by atoms with van der Waals surface area (Å²) in [6.07, 6.45) is 0.443. The van der Waals surface area contributed by atoms with Crippen LogP contribution in [0.15, 0.2) is 47.2 Å². The van der Waals surface area contributed by atoms with Crippen molar-refractivity contribution in [3.05, 3.63) is 63.9 Å². The third kappa shape index (κ3) is 4.37. The number of carbonyl (C=O) groups is 3. The number of rotatable bonds is 6. The molecule has 2 aromatic carbocycles. The first-order valence-corrected chi connectivity index (χ1v) is 15.1. The summed E-state index contributed by atoms with van der Waals surface area (Å²) < 4.78 is 5.58. The van der Waals surface area contributed by atoms with Gasteiger partial charge in [-0.05, 0) is 63.3 Å². The van der Waals surface area contributed by atoms with E-state index in [9.17, 15) is 39.9 Å². The summed E-state index contributed by atoms with van der Waals surface area (Å²) in [7, 11) is 4.46. The fraction of sp³-hybridized carbons (Fsp3) is 0.424. The smallest absolute Gasteiger partial charge is 0.255 e. The lowest BCUT2D eigenvalue weighted by molar-refractivity contribution is -0.169. The quantitative estimate of drug-likeness (QED) is 0.218. The number of phenolic OH excluding ortho intramolecular Hbond substituents is 1. The largest absolute Gasteiger partial charge is 0.508 e. The van der Waals surface area contributed by atoms with Crippen LogP contribution in [0.2, 0.25) is 0 Å². The first kappa shape index (κ1) is 31.7. The van der Waals surface area contributed by atoms with Gasteiger partial charge in [0.2, 0.25) is 5.78 Å². The summed E-state index contributed by atoms with van der Waals surface area (Å²) in [5.41, 5.74) is 9.32. The number of methoxy groups -OCH3 is 1. The van der Waals surface area contributed by atoms with Gasteiger partial charge in [0, 0.05) is 35.2 Å². The minimum atomic E-state index is -3.02. The molecule has 0 spiro atoms. The van der Waals surface area contributed by atoms with E-state index < -0.39 is 81.5 Å². The third-order valence-electron chi connectivity index (χ3n) is 10.0. The average molecular weight is 635 g/mol. The highest BCUT2D eigenvalue weighted by Crippen LogP contribution is 2.56. The summed E-state index contributed by atoms with van der Waals surface area (Å²) in [4.78, 5) is 43.4. The minimum Gasteiger partial charge on any atom is -0.508 e. The van der Waals surface area contributed by atoms with Crippen molar-refractivity contribution in [3.8, 4) is 22.6 Å². The summed E-state index contributed by atoms with van der Waals surface area (Å²) in [6, 6.07) is 5.98. The number of carbonyl (C=O) groups excluding carboxylic acids is 3. The van der Waals surface area contributed by atoms with Crippen LogP contribution in [0.25, 0.3) is 16.9 Å². The summed E-state index contributed by atoms with van der Waals surface area (Å²) in [6.45, 7) is 2.55. The number of hydrogen-bond acceptors (Lipinski definition) is 12. The molecule has 1 saturated carbocycles. The van der Waals surface area contributed by atoms with Crippen molar-refractivity contribution in [1.82, 2.24) is 9.80 Å². The van der Waals surface area contributed by atoms with Crippen LogP contribution in [-0.2, 0) is 20.9 Å². The van der Waals surface area contributed by atoms with Crippen molar-refractivity contribution in [3.63, 3.8) is 0 Å². The average Bonchev–Trinajstić information content (AvgIpc) is 3.52. The number of ketones is 2. The molecule has 4 aliphatic rings. The van der Waals surface area contributed by atoms with Gasteiger partial charge in [-0.1, -0.05) is 18.2 Å². The van der Waals surface area contributed by atoms with E-state index in [-0.39, 0.29) is 11.1 Å². The van der Waals surface area contributed by atoms with Gasteiger partial charge in [-0.25, -0.2) is 0 Å². The molecule has 46 heavy (non-hydrogen) atoms. The Kier molecular flexibility index (Phi) is 7.73. The normalized spacial score (nSPS) is 29.6. The predicted molar refractivity (Wildman–Crippen MR) is 165 cm³/mol. The zero-order valence-corrected chi connectivity index (χ0v) is 25.7. The number of amides is 1. The second-order valence-corrected chi connectivity index (χ2v) is 12.7. The first-order chi connectivity index (χ1) is 21.7. The van der Waals surface area contributed by atoms with Gasteiger partial charge in [0.05, 0.1) is 30.7 Å². The number of phenols is 1. The Bertz CT molecular complexity index is 1730. The number of Topliss-reactive ketones (excluding diaryl/α,β-unsaturated/α-hetero) is 2. The molecule has 2 fully saturated rings. The number of hydrogen-bond donors (Lipinski definition) is 7. The second kappa shape index (κ2) is 11.2. The number of aliphatic hydroxyl groups is 4. The molecule has 9 N–H and O–H groups in total. The van der Waals surface area contributed by atoms with Gasteiger partial charge in [-0.3, -0.25) is 24.2 Å². The lowest BCUT2D eigenvalue weighted by atomic mass is 9.55. The number of benzene rings is 2. The molecule has 0 aromatic heterocycles. The zero-order valence-electron chi connectivity index (χ0n) is 25.7. The fourth-order valence-corrected chi connectivity index (χ4v) is 7.85. The van der Waals surface area contributed by atoms with Crippen LogP contribution in [0.4, 0.5) is 0 Å². The van der Waals surface area contributed by atoms with Crippen LogP contribution < -0.4 is 16.2 Å². The molecule has 6 atom stereocenters. The van der Waals surface area contributed by atoms with Crippen molar-refractivity contribution in [2.45, 2.75) is 43.2 Å². The van der Waals surface area contributed by atoms with E-state index >= 15 is 0 Å². The van der Waals surface area contributed by atoms with Gasteiger partial charge in [-0.2, -0.15) is 0 Å². The van der Waals surface area contributed by atoms with E-state index in [0.717, 1.165) is 31.5 Å². The molecule has 2 aromatic rings. The Morgan fingerprint density at radius 2 is 1.78 bits per heavy atom. The molecule has 0 radical (unpaired) electrons. The van der Waals surface area contributed by atoms with E-state index in [1.807, 2.05) is 6.07 Å². The number of fused-ring (bicyclic) bond motifs is 3. The summed E-state index contributed by atoms with van der Waals surface area (Å²) in [5, 5.41) is 58.0. The van der Waals surface area contributed by atoms with E-state index in [1.165, 1.54) is 19.0 Å². The molecule has 0 bridgehead atoms. The molecule has 244 valence electrons. The first-order valence-electron chi connectivity index (χ1n) is 15.1. The van der Waals surface area contributed by atoms with Crippen LogP contribution in [0, 0.1) is 11.8 Å². The molecule has 13 nitrogen and oxygen atoms in total. The Morgan fingerprint density at radius 1 is 1.11 bits per heavy atom. The molecule has 6 rings (SSSR count). The Hall–Kier alpha value is -4.27. The minimum absolute atomic E-state index is 0.176. The monoisotopic (exact) mass is 634 g/mol. The highest BCUT2D eigenvalue weighted by Gasteiger charge is 2.68. The third-order valence-corrected chi connectivity index (χ3v) is 10.0. The Morgan fingerprint density at radius 3 is 2.39 bits per heavy atom. The topological polar surface area (TPSA) is 220 Å². The maximum atomic E-state index is 14.2. The Balaban J connectivity index is 1.51. The molecule has 1 saturated heterocycles. The van der Waals surface area contributed by atoms with Crippen molar-refractivity contribution in [1.29, 1.82) is 0 Å². The molecule has 3 aliphatic carbocycles. The van der Waals surface area contributed by atoms with Crippen LogP contribution in [-0.4, -0.2) is 105 Å². The lowest BCUT2D eigenvalue weighted by Gasteiger charge is -2.53. The van der Waals surface area contributed by atoms with Gasteiger partial charge >= 0.3 is 0 Å².